The van der Waals surface area contributed by atoms with E-state index >= 15 is 0 Å². The molecule has 26 heavy (non-hydrogen) atoms. The van der Waals surface area contributed by atoms with Gasteiger partial charge in [-0.1, -0.05) is 18.2 Å². The third-order valence-corrected chi connectivity index (χ3v) is 4.57. The Hall–Kier alpha value is -2.02. The molecule has 0 bridgehead atoms. The zero-order chi connectivity index (χ0) is 18.9. The zero-order valence-electron chi connectivity index (χ0n) is 15.2. The topological polar surface area (TPSA) is 63.9 Å². The van der Waals surface area contributed by atoms with Crippen LogP contribution in [0.15, 0.2) is 18.2 Å². The Morgan fingerprint density at radius 3 is 2.65 bits per heavy atom. The maximum absolute atomic E-state index is 14.8. The molecular formula is C18H23ClFN5O. The minimum atomic E-state index is -0.308. The maximum atomic E-state index is 14.8. The van der Waals surface area contributed by atoms with Gasteiger partial charge in [-0.15, -0.1) is 21.8 Å². The number of hydrogen-bond donors (Lipinski definition) is 0. The fraction of sp³-hybridized carbons (Fsp3) is 0.556. The Labute approximate surface area is 157 Å². The molecule has 1 fully saturated rings. The van der Waals surface area contributed by atoms with Crippen LogP contribution in [0.1, 0.15) is 56.5 Å². The van der Waals surface area contributed by atoms with E-state index in [1.54, 1.807) is 6.07 Å². The summed E-state index contributed by atoms with van der Waals surface area (Å²) in [5.41, 5.74) is 0.908. The lowest BCUT2D eigenvalue weighted by Gasteiger charge is -2.21. The summed E-state index contributed by atoms with van der Waals surface area (Å²) in [5.74, 6) is -0.00143. The quantitative estimate of drug-likeness (QED) is 0.723. The SMILES string of the molecule is CC(C)(C)n1nnc(CN(Cc2cccc(C3CC3)c2F)C(=O)CCl)n1. The van der Waals surface area contributed by atoms with E-state index in [0.717, 1.165) is 18.4 Å². The number of halogens is 2. The van der Waals surface area contributed by atoms with Gasteiger partial charge in [0.1, 0.15) is 11.7 Å². The number of alkyl halides is 1. The van der Waals surface area contributed by atoms with Crippen molar-refractivity contribution in [3.8, 4) is 0 Å². The van der Waals surface area contributed by atoms with Gasteiger partial charge in [0, 0.05) is 12.1 Å². The molecule has 0 aliphatic heterocycles. The van der Waals surface area contributed by atoms with Crippen LogP contribution in [0.25, 0.3) is 0 Å². The van der Waals surface area contributed by atoms with Crippen LogP contribution in [0.4, 0.5) is 4.39 Å². The van der Waals surface area contributed by atoms with Crippen LogP contribution in [0.2, 0.25) is 0 Å². The van der Waals surface area contributed by atoms with Gasteiger partial charge in [0.15, 0.2) is 5.82 Å². The van der Waals surface area contributed by atoms with Crippen LogP contribution in [-0.4, -0.2) is 36.9 Å². The van der Waals surface area contributed by atoms with Crippen molar-refractivity contribution >= 4 is 17.5 Å². The van der Waals surface area contributed by atoms with Crippen molar-refractivity contribution in [3.63, 3.8) is 0 Å². The van der Waals surface area contributed by atoms with E-state index in [0.29, 0.717) is 17.3 Å². The zero-order valence-corrected chi connectivity index (χ0v) is 16.0. The van der Waals surface area contributed by atoms with Crippen LogP contribution >= 0.6 is 11.6 Å². The molecule has 0 radical (unpaired) electrons. The average Bonchev–Trinajstić information content (AvgIpc) is 3.32. The molecule has 0 saturated heterocycles. The second kappa shape index (κ2) is 7.31. The van der Waals surface area contributed by atoms with Crippen LogP contribution < -0.4 is 0 Å². The monoisotopic (exact) mass is 379 g/mol. The Kier molecular flexibility index (Phi) is 5.27. The van der Waals surface area contributed by atoms with E-state index in [-0.39, 0.29) is 36.2 Å². The highest BCUT2D eigenvalue weighted by Gasteiger charge is 2.28. The molecule has 0 N–H and O–H groups in total. The second-order valence-corrected chi connectivity index (χ2v) is 7.91. The van der Waals surface area contributed by atoms with Crippen LogP contribution in [0.5, 0.6) is 0 Å². The summed E-state index contributed by atoms with van der Waals surface area (Å²) in [6.45, 7) is 6.13. The van der Waals surface area contributed by atoms with E-state index < -0.39 is 0 Å². The van der Waals surface area contributed by atoms with Gasteiger partial charge in [0.05, 0.1) is 12.1 Å². The number of rotatable bonds is 6. The van der Waals surface area contributed by atoms with E-state index in [4.69, 9.17) is 11.6 Å². The first kappa shape index (κ1) is 18.8. The summed E-state index contributed by atoms with van der Waals surface area (Å²) in [5, 5.41) is 12.4. The first-order valence-corrected chi connectivity index (χ1v) is 9.23. The lowest BCUT2D eigenvalue weighted by atomic mass is 10.1. The van der Waals surface area contributed by atoms with E-state index in [2.05, 4.69) is 15.4 Å². The molecule has 1 amide bonds. The van der Waals surface area contributed by atoms with Crippen molar-refractivity contribution in [1.82, 2.24) is 25.1 Å². The molecule has 0 atom stereocenters. The Morgan fingerprint density at radius 2 is 2.08 bits per heavy atom. The molecule has 8 heteroatoms. The van der Waals surface area contributed by atoms with E-state index in [1.807, 2.05) is 32.9 Å². The number of carbonyl (C=O) groups excluding carboxylic acids is 1. The lowest BCUT2D eigenvalue weighted by Crippen LogP contribution is -2.32. The molecule has 6 nitrogen and oxygen atoms in total. The molecule has 1 aromatic carbocycles. The van der Waals surface area contributed by atoms with Crippen molar-refractivity contribution in [2.75, 3.05) is 5.88 Å². The number of tetrazole rings is 1. The van der Waals surface area contributed by atoms with Gasteiger partial charge in [-0.25, -0.2) is 4.39 Å². The minimum Gasteiger partial charge on any atom is -0.330 e. The van der Waals surface area contributed by atoms with Crippen molar-refractivity contribution < 1.29 is 9.18 Å². The standard InChI is InChI=1S/C18H23ClFN5O/c1-18(2,3)25-22-15(21-23-25)11-24(16(26)9-19)10-13-5-4-6-14(17(13)20)12-7-8-12/h4-6,12H,7-11H2,1-3H3. The molecule has 1 heterocycles. The predicted octanol–water partition coefficient (Wildman–Crippen LogP) is 3.21. The van der Waals surface area contributed by atoms with Crippen LogP contribution in [0, 0.1) is 5.82 Å². The highest BCUT2D eigenvalue weighted by Crippen LogP contribution is 2.41. The van der Waals surface area contributed by atoms with Gasteiger partial charge in [-0.2, -0.15) is 4.80 Å². The number of amides is 1. The number of hydrogen-bond acceptors (Lipinski definition) is 4. The summed E-state index contributed by atoms with van der Waals surface area (Å²) >= 11 is 5.74. The van der Waals surface area contributed by atoms with Crippen molar-refractivity contribution in [2.24, 2.45) is 0 Å². The molecule has 1 aliphatic carbocycles. The molecule has 1 aliphatic rings. The Bertz CT molecular complexity index is 797. The van der Waals surface area contributed by atoms with Crippen LogP contribution in [0.3, 0.4) is 0 Å². The molecule has 2 aromatic rings. The van der Waals surface area contributed by atoms with Gasteiger partial charge < -0.3 is 4.90 Å². The summed E-state index contributed by atoms with van der Waals surface area (Å²) in [7, 11) is 0. The summed E-state index contributed by atoms with van der Waals surface area (Å²) in [6.07, 6.45) is 2.04. The fourth-order valence-corrected chi connectivity index (χ4v) is 2.88. The Morgan fingerprint density at radius 1 is 1.35 bits per heavy atom. The normalized spacial score (nSPS) is 14.5. The maximum Gasteiger partial charge on any atom is 0.238 e. The third kappa shape index (κ3) is 4.20. The first-order chi connectivity index (χ1) is 12.3. The summed E-state index contributed by atoms with van der Waals surface area (Å²) in [4.78, 5) is 15.2. The number of aromatic nitrogens is 4. The predicted molar refractivity (Wildman–Crippen MR) is 96.2 cm³/mol. The lowest BCUT2D eigenvalue weighted by molar-refractivity contribution is -0.129. The van der Waals surface area contributed by atoms with Gasteiger partial charge in [-0.3, -0.25) is 4.79 Å². The molecule has 0 unspecified atom stereocenters. The highest BCUT2D eigenvalue weighted by molar-refractivity contribution is 6.27. The molecule has 1 aromatic heterocycles. The van der Waals surface area contributed by atoms with E-state index in [9.17, 15) is 9.18 Å². The molecule has 0 spiro atoms. The van der Waals surface area contributed by atoms with Gasteiger partial charge in [0.2, 0.25) is 5.91 Å². The minimum absolute atomic E-state index is 0.127. The number of carbonyl (C=O) groups is 1. The number of nitrogens with zero attached hydrogens (tertiary/aromatic N) is 5. The molecule has 3 rings (SSSR count). The van der Waals surface area contributed by atoms with Gasteiger partial charge in [0.25, 0.3) is 0 Å². The third-order valence-electron chi connectivity index (χ3n) is 4.34. The smallest absolute Gasteiger partial charge is 0.238 e. The van der Waals surface area contributed by atoms with E-state index in [1.165, 1.54) is 9.70 Å². The summed E-state index contributed by atoms with van der Waals surface area (Å²) < 4.78 is 14.8. The van der Waals surface area contributed by atoms with Crippen LogP contribution in [-0.2, 0) is 23.4 Å². The fourth-order valence-electron chi connectivity index (χ4n) is 2.72. The molecule has 140 valence electrons. The number of benzene rings is 1. The molecular weight excluding hydrogens is 357 g/mol. The largest absolute Gasteiger partial charge is 0.330 e. The first-order valence-electron chi connectivity index (χ1n) is 8.70. The second-order valence-electron chi connectivity index (χ2n) is 7.64. The van der Waals surface area contributed by atoms with Crippen molar-refractivity contribution in [1.29, 1.82) is 0 Å². The van der Waals surface area contributed by atoms with Crippen molar-refractivity contribution in [2.45, 2.75) is 58.2 Å². The summed E-state index contributed by atoms with van der Waals surface area (Å²) in [6, 6.07) is 5.36. The van der Waals surface area contributed by atoms with Gasteiger partial charge in [-0.05, 0) is 50.3 Å². The van der Waals surface area contributed by atoms with Crippen molar-refractivity contribution in [3.05, 3.63) is 41.0 Å². The van der Waals surface area contributed by atoms with Gasteiger partial charge >= 0.3 is 0 Å². The highest BCUT2D eigenvalue weighted by atomic mass is 35.5. The Balaban J connectivity index is 1.80. The molecule has 1 saturated carbocycles. The average molecular weight is 380 g/mol.